The van der Waals surface area contributed by atoms with Gasteiger partial charge in [-0.2, -0.15) is 0 Å². The van der Waals surface area contributed by atoms with Crippen molar-refractivity contribution in [1.82, 2.24) is 15.2 Å². The maximum atomic E-state index is 13.4. The molecule has 186 valence electrons. The summed E-state index contributed by atoms with van der Waals surface area (Å²) in [5.41, 5.74) is 0.951. The summed E-state index contributed by atoms with van der Waals surface area (Å²) in [6.45, 7) is 7.18. The van der Waals surface area contributed by atoms with Crippen LogP contribution in [0, 0.1) is 11.8 Å². The lowest BCUT2D eigenvalue weighted by atomic mass is 9.76. The third-order valence-corrected chi connectivity index (χ3v) is 7.89. The number of fused-ring (bicyclic) bond motifs is 2. The van der Waals surface area contributed by atoms with Gasteiger partial charge in [0, 0.05) is 44.1 Å². The molecule has 3 aliphatic rings. The molecule has 2 fully saturated rings. The van der Waals surface area contributed by atoms with Crippen LogP contribution in [-0.2, 0) is 19.7 Å². The van der Waals surface area contributed by atoms with Crippen LogP contribution >= 0.6 is 0 Å². The zero-order chi connectivity index (χ0) is 24.5. The minimum absolute atomic E-state index is 0.0228. The molecule has 0 unspecified atom stereocenters. The Hall–Kier alpha value is -2.68. The number of nitrogens with zero attached hydrogens (tertiary/aromatic N) is 2. The number of nitrogens with one attached hydrogen (secondary N) is 3. The van der Waals surface area contributed by atoms with Crippen LogP contribution < -0.4 is 16.0 Å². The number of hydrogen-bond acceptors (Lipinski definition) is 5. The van der Waals surface area contributed by atoms with Crippen molar-refractivity contribution < 1.29 is 19.1 Å². The largest absolute Gasteiger partial charge is 0.381 e. The molecule has 1 saturated heterocycles. The Morgan fingerprint density at radius 3 is 2.53 bits per heavy atom. The third-order valence-electron chi connectivity index (χ3n) is 7.89. The summed E-state index contributed by atoms with van der Waals surface area (Å²) in [5, 5.41) is 8.84. The molecule has 3 heterocycles. The molecular formula is C25H37N5O4. The van der Waals surface area contributed by atoms with Crippen molar-refractivity contribution >= 4 is 29.4 Å². The highest BCUT2D eigenvalue weighted by Gasteiger charge is 2.48. The maximum Gasteiger partial charge on any atom is 0.318 e. The molecule has 1 aromatic heterocycles. The summed E-state index contributed by atoms with van der Waals surface area (Å²) >= 11 is 0. The zero-order valence-electron chi connectivity index (χ0n) is 20.6. The van der Waals surface area contributed by atoms with Crippen LogP contribution in [0.3, 0.4) is 0 Å². The second-order valence-corrected chi connectivity index (χ2v) is 10.4. The SMILES string of the molecule is CC1CCC([C@H](NC(=O)N(C)C(C)C)C(=O)Nc2cc3c(cn2)C2(CCOCC2)C(=O)N3)CC1. The highest BCUT2D eigenvalue weighted by Crippen LogP contribution is 2.44. The van der Waals surface area contributed by atoms with Gasteiger partial charge < -0.3 is 25.6 Å². The van der Waals surface area contributed by atoms with Gasteiger partial charge in [0.15, 0.2) is 0 Å². The first-order chi connectivity index (χ1) is 16.2. The molecule has 0 aromatic carbocycles. The molecule has 0 radical (unpaired) electrons. The molecule has 2 aliphatic heterocycles. The fourth-order valence-electron chi connectivity index (χ4n) is 5.28. The summed E-state index contributed by atoms with van der Waals surface area (Å²) in [5.74, 6) is 0.763. The lowest BCUT2D eigenvalue weighted by Crippen LogP contribution is -2.53. The van der Waals surface area contributed by atoms with Gasteiger partial charge in [0.05, 0.1) is 11.1 Å². The number of pyridine rings is 1. The first-order valence-electron chi connectivity index (χ1n) is 12.4. The van der Waals surface area contributed by atoms with Crippen LogP contribution in [-0.4, -0.2) is 60.1 Å². The average Bonchev–Trinajstić information content (AvgIpc) is 3.07. The van der Waals surface area contributed by atoms with Gasteiger partial charge in [-0.05, 0) is 51.4 Å². The van der Waals surface area contributed by atoms with E-state index in [1.165, 1.54) is 0 Å². The van der Waals surface area contributed by atoms with Crippen LogP contribution in [0.4, 0.5) is 16.3 Å². The van der Waals surface area contributed by atoms with Crippen LogP contribution in [0.25, 0.3) is 0 Å². The monoisotopic (exact) mass is 471 g/mol. The Labute approximate surface area is 201 Å². The lowest BCUT2D eigenvalue weighted by molar-refractivity contribution is -0.124. The highest BCUT2D eigenvalue weighted by molar-refractivity contribution is 6.07. The molecule has 9 nitrogen and oxygen atoms in total. The number of ether oxygens (including phenoxy) is 1. The molecule has 4 rings (SSSR count). The maximum absolute atomic E-state index is 13.4. The van der Waals surface area contributed by atoms with Crippen molar-refractivity contribution in [3.8, 4) is 0 Å². The molecular weight excluding hydrogens is 434 g/mol. The first-order valence-corrected chi connectivity index (χ1v) is 12.4. The van der Waals surface area contributed by atoms with Gasteiger partial charge in [-0.3, -0.25) is 9.59 Å². The summed E-state index contributed by atoms with van der Waals surface area (Å²) in [6.07, 6.45) is 6.80. The summed E-state index contributed by atoms with van der Waals surface area (Å²) in [6, 6.07) is 0.837. The number of amides is 4. The van der Waals surface area contributed by atoms with E-state index in [1.807, 2.05) is 13.8 Å². The Bertz CT molecular complexity index is 935. The zero-order valence-corrected chi connectivity index (χ0v) is 20.6. The minimum atomic E-state index is -0.646. The molecule has 3 N–H and O–H groups in total. The molecule has 34 heavy (non-hydrogen) atoms. The van der Waals surface area contributed by atoms with E-state index in [0.717, 1.165) is 31.2 Å². The number of carbonyl (C=O) groups excluding carboxylic acids is 3. The van der Waals surface area contributed by atoms with Gasteiger partial charge in [0.25, 0.3) is 0 Å². The smallest absolute Gasteiger partial charge is 0.318 e. The predicted molar refractivity (Wildman–Crippen MR) is 130 cm³/mol. The molecule has 4 amide bonds. The van der Waals surface area contributed by atoms with Gasteiger partial charge >= 0.3 is 6.03 Å². The van der Waals surface area contributed by atoms with Gasteiger partial charge in [0.2, 0.25) is 11.8 Å². The fraction of sp³-hybridized carbons (Fsp3) is 0.680. The summed E-state index contributed by atoms with van der Waals surface area (Å²) < 4.78 is 5.45. The van der Waals surface area contributed by atoms with Gasteiger partial charge in [-0.25, -0.2) is 9.78 Å². The number of aromatic nitrogens is 1. The van der Waals surface area contributed by atoms with E-state index < -0.39 is 11.5 Å². The van der Waals surface area contributed by atoms with E-state index >= 15 is 0 Å². The van der Waals surface area contributed by atoms with Crippen molar-refractivity contribution in [2.75, 3.05) is 30.9 Å². The number of rotatable bonds is 5. The molecule has 1 aromatic rings. The van der Waals surface area contributed by atoms with E-state index in [4.69, 9.17) is 4.74 Å². The van der Waals surface area contributed by atoms with E-state index in [-0.39, 0.29) is 29.8 Å². The number of carbonyl (C=O) groups is 3. The van der Waals surface area contributed by atoms with Crippen molar-refractivity contribution in [3.05, 3.63) is 17.8 Å². The summed E-state index contributed by atoms with van der Waals surface area (Å²) in [7, 11) is 1.73. The second-order valence-electron chi connectivity index (χ2n) is 10.4. The molecule has 9 heteroatoms. The Morgan fingerprint density at radius 2 is 1.88 bits per heavy atom. The van der Waals surface area contributed by atoms with Crippen molar-refractivity contribution in [1.29, 1.82) is 0 Å². The van der Waals surface area contributed by atoms with Crippen LogP contribution in [0.15, 0.2) is 12.3 Å². The van der Waals surface area contributed by atoms with Crippen molar-refractivity contribution in [3.63, 3.8) is 0 Å². The number of anilines is 2. The second kappa shape index (κ2) is 9.90. The minimum Gasteiger partial charge on any atom is -0.381 e. The highest BCUT2D eigenvalue weighted by atomic mass is 16.5. The van der Waals surface area contributed by atoms with Gasteiger partial charge in [-0.1, -0.05) is 19.8 Å². The molecule has 0 bridgehead atoms. The van der Waals surface area contributed by atoms with E-state index in [2.05, 4.69) is 27.9 Å². The quantitative estimate of drug-likeness (QED) is 0.610. The standard InChI is InChI=1S/C25H37N5O4/c1-15(2)30(4)24(33)29-21(17-7-5-16(3)6-8-17)22(31)28-20-13-19-18(14-26-20)25(23(32)27-19)9-11-34-12-10-25/h13-17,21H,5-12H2,1-4H3,(H,27,32)(H,29,33)(H,26,28,31)/t16?,17?,21-/m0/s1. The average molecular weight is 472 g/mol. The number of urea groups is 1. The molecule has 1 aliphatic carbocycles. The predicted octanol–water partition coefficient (Wildman–Crippen LogP) is 3.27. The Balaban J connectivity index is 1.51. The van der Waals surface area contributed by atoms with Gasteiger partial charge in [-0.15, -0.1) is 0 Å². The fourth-order valence-corrected chi connectivity index (χ4v) is 5.28. The number of hydrogen-bond donors (Lipinski definition) is 3. The Kier molecular flexibility index (Phi) is 7.12. The molecule has 1 spiro atoms. The normalized spacial score (nSPS) is 24.3. The van der Waals surface area contributed by atoms with E-state index in [0.29, 0.717) is 43.5 Å². The van der Waals surface area contributed by atoms with Crippen LogP contribution in [0.1, 0.15) is 64.9 Å². The van der Waals surface area contributed by atoms with Crippen molar-refractivity contribution in [2.24, 2.45) is 11.8 Å². The van der Waals surface area contributed by atoms with Crippen molar-refractivity contribution in [2.45, 2.75) is 76.8 Å². The van der Waals surface area contributed by atoms with E-state index in [9.17, 15) is 14.4 Å². The summed E-state index contributed by atoms with van der Waals surface area (Å²) in [4.78, 5) is 45.0. The van der Waals surface area contributed by atoms with Gasteiger partial charge in [0.1, 0.15) is 11.9 Å². The lowest BCUT2D eigenvalue weighted by Gasteiger charge is -2.34. The Morgan fingerprint density at radius 1 is 1.21 bits per heavy atom. The molecule has 1 atom stereocenters. The van der Waals surface area contributed by atoms with E-state index in [1.54, 1.807) is 24.2 Å². The third kappa shape index (κ3) is 4.76. The van der Waals surface area contributed by atoms with Crippen LogP contribution in [0.5, 0.6) is 0 Å². The molecule has 1 saturated carbocycles. The topological polar surface area (TPSA) is 113 Å². The van der Waals surface area contributed by atoms with Crippen LogP contribution in [0.2, 0.25) is 0 Å². The first kappa shape index (κ1) is 24.4.